The molecule has 0 fully saturated rings. The first-order chi connectivity index (χ1) is 14.0. The number of methoxy groups -OCH3 is 1. The molecule has 3 rings (SSSR count). The van der Waals surface area contributed by atoms with E-state index < -0.39 is 21.5 Å². The first-order valence-corrected chi connectivity index (χ1v) is 11.5. The summed E-state index contributed by atoms with van der Waals surface area (Å²) in [6, 6.07) is 12.2. The van der Waals surface area contributed by atoms with E-state index in [2.05, 4.69) is 5.32 Å². The Hall–Kier alpha value is -2.74. The van der Waals surface area contributed by atoms with Crippen LogP contribution >= 0.6 is 0 Å². The molecule has 0 aliphatic carbocycles. The minimum atomic E-state index is -3.64. The van der Waals surface area contributed by atoms with Gasteiger partial charge in [0.25, 0.3) is 0 Å². The highest BCUT2D eigenvalue weighted by atomic mass is 32.2. The van der Waals surface area contributed by atoms with Gasteiger partial charge >= 0.3 is 0 Å². The van der Waals surface area contributed by atoms with Crippen molar-refractivity contribution >= 4 is 21.6 Å². The Bertz CT molecular complexity index is 1050. The Kier molecular flexibility index (Phi) is 5.99. The summed E-state index contributed by atoms with van der Waals surface area (Å²) in [6.07, 6.45) is 1.64. The monoisotopic (exact) mass is 432 g/mol. The summed E-state index contributed by atoms with van der Waals surface area (Å²) in [4.78, 5) is 12.9. The Morgan fingerprint density at radius 1 is 1.27 bits per heavy atom. The maximum absolute atomic E-state index is 12.9. The van der Waals surface area contributed by atoms with Crippen LogP contribution in [0, 0.1) is 6.92 Å². The minimum absolute atomic E-state index is 0.306. The van der Waals surface area contributed by atoms with Crippen molar-refractivity contribution in [2.45, 2.75) is 38.8 Å². The van der Waals surface area contributed by atoms with Crippen LogP contribution in [0.25, 0.3) is 0 Å². The fraction of sp³-hybridized carbons (Fsp3) is 0.409. The van der Waals surface area contributed by atoms with Crippen LogP contribution in [0.15, 0.2) is 42.5 Å². The first-order valence-electron chi connectivity index (χ1n) is 9.69. The van der Waals surface area contributed by atoms with Crippen LogP contribution in [-0.4, -0.2) is 39.8 Å². The summed E-state index contributed by atoms with van der Waals surface area (Å²) >= 11 is 0. The van der Waals surface area contributed by atoms with E-state index in [0.717, 1.165) is 21.7 Å². The maximum Gasteiger partial charge on any atom is 0.241 e. The van der Waals surface area contributed by atoms with E-state index in [4.69, 9.17) is 9.47 Å². The van der Waals surface area contributed by atoms with Crippen molar-refractivity contribution in [2.24, 2.45) is 0 Å². The quantitative estimate of drug-likeness (QED) is 0.758. The van der Waals surface area contributed by atoms with Gasteiger partial charge in [-0.15, -0.1) is 0 Å². The molecule has 0 saturated heterocycles. The summed E-state index contributed by atoms with van der Waals surface area (Å²) in [5, 5.41) is 2.99. The molecule has 8 heteroatoms. The van der Waals surface area contributed by atoms with E-state index in [1.165, 1.54) is 0 Å². The number of hydrogen-bond acceptors (Lipinski definition) is 5. The molecule has 1 atom stereocenters. The Balaban J connectivity index is 1.86. The molecule has 1 amide bonds. The lowest BCUT2D eigenvalue weighted by Crippen LogP contribution is -2.45. The molecule has 1 aliphatic rings. The maximum atomic E-state index is 12.9. The fourth-order valence-corrected chi connectivity index (χ4v) is 4.49. The summed E-state index contributed by atoms with van der Waals surface area (Å²) in [5.74, 6) is 0.947. The van der Waals surface area contributed by atoms with Crippen molar-refractivity contribution in [1.82, 2.24) is 5.32 Å². The smallest absolute Gasteiger partial charge is 0.241 e. The van der Waals surface area contributed by atoms with Gasteiger partial charge in [0.2, 0.25) is 15.9 Å². The van der Waals surface area contributed by atoms with Gasteiger partial charge in [0.15, 0.2) is 0 Å². The number of aryl methyl sites for hydroxylation is 1. The van der Waals surface area contributed by atoms with Crippen molar-refractivity contribution in [3.63, 3.8) is 0 Å². The van der Waals surface area contributed by atoms with Crippen LogP contribution in [0.2, 0.25) is 0 Å². The second-order valence-electron chi connectivity index (χ2n) is 8.20. The van der Waals surface area contributed by atoms with E-state index in [1.54, 1.807) is 25.3 Å². The van der Waals surface area contributed by atoms with Crippen LogP contribution in [0.4, 0.5) is 5.69 Å². The van der Waals surface area contributed by atoms with Crippen LogP contribution in [0.5, 0.6) is 11.5 Å². The molecule has 162 valence electrons. The first kappa shape index (κ1) is 22.0. The molecule has 0 radical (unpaired) electrons. The molecule has 2 aromatic rings. The highest BCUT2D eigenvalue weighted by molar-refractivity contribution is 7.92. The molecule has 0 aromatic heterocycles. The molecule has 0 saturated carbocycles. The van der Waals surface area contributed by atoms with Gasteiger partial charge in [-0.25, -0.2) is 8.42 Å². The van der Waals surface area contributed by atoms with Gasteiger partial charge in [-0.3, -0.25) is 9.10 Å². The standard InChI is InChI=1S/C22H28N2O5S/c1-15-7-6-8-16(11-15)24(30(5,26)27)14-21(25)23-19-13-22(2,3)29-20-10-9-17(28-4)12-18(19)20/h6-12,19H,13-14H2,1-5H3,(H,23,25). The topological polar surface area (TPSA) is 84.9 Å². The largest absolute Gasteiger partial charge is 0.497 e. The number of ether oxygens (including phenoxy) is 2. The van der Waals surface area contributed by atoms with E-state index >= 15 is 0 Å². The van der Waals surface area contributed by atoms with Gasteiger partial charge in [0, 0.05) is 12.0 Å². The number of rotatable bonds is 6. The number of carbonyl (C=O) groups is 1. The lowest BCUT2D eigenvalue weighted by atomic mass is 9.89. The zero-order chi connectivity index (χ0) is 22.1. The number of amides is 1. The third-order valence-corrected chi connectivity index (χ3v) is 6.13. The molecule has 1 unspecified atom stereocenters. The van der Waals surface area contributed by atoms with E-state index in [1.807, 2.05) is 45.0 Å². The van der Waals surface area contributed by atoms with Gasteiger partial charge in [0.1, 0.15) is 23.6 Å². The molecule has 2 aromatic carbocycles. The molecule has 0 spiro atoms. The zero-order valence-electron chi connectivity index (χ0n) is 17.9. The third-order valence-electron chi connectivity index (χ3n) is 4.99. The van der Waals surface area contributed by atoms with Crippen LogP contribution < -0.4 is 19.1 Å². The van der Waals surface area contributed by atoms with Gasteiger partial charge in [-0.1, -0.05) is 12.1 Å². The summed E-state index contributed by atoms with van der Waals surface area (Å²) < 4.78 is 37.2. The highest BCUT2D eigenvalue weighted by Crippen LogP contribution is 2.41. The summed E-state index contributed by atoms with van der Waals surface area (Å²) in [5.41, 5.74) is 1.70. The summed E-state index contributed by atoms with van der Waals surface area (Å²) in [7, 11) is -2.06. The average Bonchev–Trinajstić information content (AvgIpc) is 2.64. The van der Waals surface area contributed by atoms with Crippen LogP contribution in [0.3, 0.4) is 0 Å². The van der Waals surface area contributed by atoms with E-state index in [-0.39, 0.29) is 12.6 Å². The van der Waals surface area contributed by atoms with Crippen molar-refractivity contribution in [3.05, 3.63) is 53.6 Å². The number of carbonyl (C=O) groups excluding carboxylic acids is 1. The van der Waals surface area contributed by atoms with E-state index in [0.29, 0.717) is 23.6 Å². The molecular formula is C22H28N2O5S. The number of anilines is 1. The van der Waals surface area contributed by atoms with Crippen LogP contribution in [-0.2, 0) is 14.8 Å². The number of fused-ring (bicyclic) bond motifs is 1. The lowest BCUT2D eigenvalue weighted by molar-refractivity contribution is -0.120. The molecular weight excluding hydrogens is 404 g/mol. The highest BCUT2D eigenvalue weighted by Gasteiger charge is 2.35. The Labute approximate surface area is 178 Å². The second-order valence-corrected chi connectivity index (χ2v) is 10.1. The van der Waals surface area contributed by atoms with Gasteiger partial charge in [0.05, 0.1) is 25.1 Å². The SMILES string of the molecule is COc1ccc2c(c1)C(NC(=O)CN(c1cccc(C)c1)S(C)(=O)=O)CC(C)(C)O2. The van der Waals surface area contributed by atoms with E-state index in [9.17, 15) is 13.2 Å². The van der Waals surface area contributed by atoms with Crippen LogP contribution in [0.1, 0.15) is 37.4 Å². The van der Waals surface area contributed by atoms with Crippen molar-refractivity contribution in [2.75, 3.05) is 24.2 Å². The summed E-state index contributed by atoms with van der Waals surface area (Å²) in [6.45, 7) is 5.47. The molecule has 1 heterocycles. The predicted molar refractivity (Wildman–Crippen MR) is 117 cm³/mol. The van der Waals surface area contributed by atoms with Gasteiger partial charge < -0.3 is 14.8 Å². The number of hydrogen-bond donors (Lipinski definition) is 1. The Morgan fingerprint density at radius 2 is 2.00 bits per heavy atom. The average molecular weight is 433 g/mol. The number of nitrogens with zero attached hydrogens (tertiary/aromatic N) is 1. The van der Waals surface area contributed by atoms with Gasteiger partial charge in [-0.05, 0) is 56.7 Å². The molecule has 1 N–H and O–H groups in total. The zero-order valence-corrected chi connectivity index (χ0v) is 18.7. The van der Waals surface area contributed by atoms with Gasteiger partial charge in [-0.2, -0.15) is 0 Å². The number of nitrogens with one attached hydrogen (secondary N) is 1. The molecule has 1 aliphatic heterocycles. The second kappa shape index (κ2) is 8.18. The van der Waals surface area contributed by atoms with Crippen molar-refractivity contribution in [3.8, 4) is 11.5 Å². The normalized spacial score (nSPS) is 17.4. The number of sulfonamides is 1. The minimum Gasteiger partial charge on any atom is -0.497 e. The molecule has 0 bridgehead atoms. The predicted octanol–water partition coefficient (Wildman–Crippen LogP) is 3.19. The van der Waals surface area contributed by atoms with Crippen molar-refractivity contribution in [1.29, 1.82) is 0 Å². The lowest BCUT2D eigenvalue weighted by Gasteiger charge is -2.38. The Morgan fingerprint density at radius 3 is 2.63 bits per heavy atom. The number of benzene rings is 2. The third kappa shape index (κ3) is 5.05. The van der Waals surface area contributed by atoms with Crippen molar-refractivity contribution < 1.29 is 22.7 Å². The molecule has 30 heavy (non-hydrogen) atoms. The fourth-order valence-electron chi connectivity index (χ4n) is 3.64. The molecule has 7 nitrogen and oxygen atoms in total.